The van der Waals surface area contributed by atoms with E-state index in [-0.39, 0.29) is 0 Å². The number of aliphatic hydroxyl groups excluding tert-OH is 1. The second-order valence-electron chi connectivity index (χ2n) is 3.80. The lowest BCUT2D eigenvalue weighted by molar-refractivity contribution is 0.168. The summed E-state index contributed by atoms with van der Waals surface area (Å²) in [5, 5.41) is 21.7. The van der Waals surface area contributed by atoms with Crippen molar-refractivity contribution in [3.8, 4) is 6.07 Å². The van der Waals surface area contributed by atoms with Crippen molar-refractivity contribution in [1.29, 1.82) is 5.26 Å². The molecule has 0 amide bonds. The van der Waals surface area contributed by atoms with E-state index >= 15 is 0 Å². The molecule has 4 nitrogen and oxygen atoms in total. The molecule has 1 rings (SSSR count). The molecule has 0 spiro atoms. The molecule has 1 atom stereocenters. The van der Waals surface area contributed by atoms with E-state index in [1.807, 2.05) is 6.07 Å². The Morgan fingerprint density at radius 1 is 1.41 bits per heavy atom. The Bertz CT molecular complexity index is 357. The predicted octanol–water partition coefficient (Wildman–Crippen LogP) is 1.22. The van der Waals surface area contributed by atoms with Crippen LogP contribution >= 0.6 is 0 Å². The summed E-state index contributed by atoms with van der Waals surface area (Å²) in [7, 11) is 1.67. The molecule has 92 valence electrons. The van der Waals surface area contributed by atoms with E-state index in [0.717, 1.165) is 25.1 Å². The van der Waals surface area contributed by atoms with Gasteiger partial charge in [-0.1, -0.05) is 12.1 Å². The largest absolute Gasteiger partial charge is 0.387 e. The summed E-state index contributed by atoms with van der Waals surface area (Å²) in [4.78, 5) is 0. The number of nitrogens with zero attached hydrogens (tertiary/aromatic N) is 1. The van der Waals surface area contributed by atoms with Crippen molar-refractivity contribution in [3.63, 3.8) is 0 Å². The van der Waals surface area contributed by atoms with Gasteiger partial charge in [0.05, 0.1) is 17.7 Å². The van der Waals surface area contributed by atoms with Gasteiger partial charge in [-0.3, -0.25) is 0 Å². The van der Waals surface area contributed by atoms with Gasteiger partial charge in [0.2, 0.25) is 0 Å². The Labute approximate surface area is 102 Å². The third-order valence-electron chi connectivity index (χ3n) is 2.46. The molecule has 0 aliphatic carbocycles. The van der Waals surface area contributed by atoms with Crippen LogP contribution in [0.5, 0.6) is 0 Å². The van der Waals surface area contributed by atoms with Gasteiger partial charge in [0.25, 0.3) is 0 Å². The normalized spacial score (nSPS) is 12.1. The van der Waals surface area contributed by atoms with Gasteiger partial charge in [-0.15, -0.1) is 0 Å². The Balaban J connectivity index is 2.31. The summed E-state index contributed by atoms with van der Waals surface area (Å²) in [5.41, 5.74) is 1.43. The number of rotatable bonds is 7. The molecule has 0 aliphatic rings. The molecule has 0 fully saturated rings. The SMILES string of the molecule is COCCCNCC(O)c1ccc(C#N)cc1. The molecular weight excluding hydrogens is 216 g/mol. The number of nitrogens with one attached hydrogen (secondary N) is 1. The second kappa shape index (κ2) is 7.80. The van der Waals surface area contributed by atoms with E-state index in [0.29, 0.717) is 12.1 Å². The van der Waals surface area contributed by atoms with Crippen molar-refractivity contribution in [1.82, 2.24) is 5.32 Å². The number of hydrogen-bond donors (Lipinski definition) is 2. The van der Waals surface area contributed by atoms with E-state index in [1.54, 1.807) is 31.4 Å². The molecule has 0 saturated carbocycles. The fraction of sp³-hybridized carbons (Fsp3) is 0.462. The van der Waals surface area contributed by atoms with E-state index < -0.39 is 6.10 Å². The number of nitriles is 1. The summed E-state index contributed by atoms with van der Waals surface area (Å²) in [5.74, 6) is 0. The Morgan fingerprint density at radius 3 is 2.71 bits per heavy atom. The number of hydrogen-bond acceptors (Lipinski definition) is 4. The molecule has 0 saturated heterocycles. The van der Waals surface area contributed by atoms with Crippen LogP contribution in [0.4, 0.5) is 0 Å². The van der Waals surface area contributed by atoms with Gasteiger partial charge in [-0.2, -0.15) is 5.26 Å². The van der Waals surface area contributed by atoms with Crippen LogP contribution in [-0.2, 0) is 4.74 Å². The van der Waals surface area contributed by atoms with Crippen molar-refractivity contribution in [2.45, 2.75) is 12.5 Å². The van der Waals surface area contributed by atoms with E-state index in [9.17, 15) is 5.11 Å². The molecule has 1 unspecified atom stereocenters. The zero-order chi connectivity index (χ0) is 12.5. The van der Waals surface area contributed by atoms with Crippen LogP contribution in [0.3, 0.4) is 0 Å². The highest BCUT2D eigenvalue weighted by atomic mass is 16.5. The first-order chi connectivity index (χ1) is 8.27. The third kappa shape index (κ3) is 4.96. The van der Waals surface area contributed by atoms with Gasteiger partial charge >= 0.3 is 0 Å². The zero-order valence-electron chi connectivity index (χ0n) is 10.0. The van der Waals surface area contributed by atoms with Crippen LogP contribution in [0.2, 0.25) is 0 Å². The van der Waals surface area contributed by atoms with Gasteiger partial charge < -0.3 is 15.2 Å². The lowest BCUT2D eigenvalue weighted by Gasteiger charge is -2.12. The average Bonchev–Trinajstić information content (AvgIpc) is 2.38. The molecule has 4 heteroatoms. The lowest BCUT2D eigenvalue weighted by Crippen LogP contribution is -2.23. The van der Waals surface area contributed by atoms with Gasteiger partial charge in [-0.25, -0.2) is 0 Å². The number of aliphatic hydroxyl groups is 1. The average molecular weight is 234 g/mol. The van der Waals surface area contributed by atoms with Crippen LogP contribution in [0, 0.1) is 11.3 Å². The topological polar surface area (TPSA) is 65.3 Å². The van der Waals surface area contributed by atoms with E-state index in [2.05, 4.69) is 5.32 Å². The molecule has 0 aromatic heterocycles. The summed E-state index contributed by atoms with van der Waals surface area (Å²) < 4.78 is 4.93. The summed E-state index contributed by atoms with van der Waals surface area (Å²) in [6, 6.07) is 9.03. The highest BCUT2D eigenvalue weighted by molar-refractivity contribution is 5.32. The van der Waals surface area contributed by atoms with Crippen molar-refractivity contribution in [3.05, 3.63) is 35.4 Å². The maximum Gasteiger partial charge on any atom is 0.0991 e. The molecule has 1 aromatic rings. The van der Waals surface area contributed by atoms with Crippen LogP contribution < -0.4 is 5.32 Å². The molecule has 0 bridgehead atoms. The summed E-state index contributed by atoms with van der Waals surface area (Å²) in [6.07, 6.45) is 0.390. The minimum atomic E-state index is -0.537. The van der Waals surface area contributed by atoms with Crippen LogP contribution in [0.1, 0.15) is 23.7 Å². The lowest BCUT2D eigenvalue weighted by atomic mass is 10.1. The first-order valence-electron chi connectivity index (χ1n) is 5.65. The Morgan fingerprint density at radius 2 is 2.12 bits per heavy atom. The minimum Gasteiger partial charge on any atom is -0.387 e. The van der Waals surface area contributed by atoms with Gasteiger partial charge in [0.1, 0.15) is 0 Å². The van der Waals surface area contributed by atoms with E-state index in [4.69, 9.17) is 10.00 Å². The Kier molecular flexibility index (Phi) is 6.26. The zero-order valence-corrected chi connectivity index (χ0v) is 10.0. The maximum atomic E-state index is 9.86. The second-order valence-corrected chi connectivity index (χ2v) is 3.80. The summed E-state index contributed by atoms with van der Waals surface area (Å²) >= 11 is 0. The number of benzene rings is 1. The predicted molar refractivity (Wildman–Crippen MR) is 65.5 cm³/mol. The molecular formula is C13H18N2O2. The van der Waals surface area contributed by atoms with Crippen LogP contribution in [0.15, 0.2) is 24.3 Å². The minimum absolute atomic E-state index is 0.510. The molecule has 2 N–H and O–H groups in total. The molecule has 17 heavy (non-hydrogen) atoms. The van der Waals surface area contributed by atoms with Crippen molar-refractivity contribution >= 4 is 0 Å². The molecule has 1 aromatic carbocycles. The quantitative estimate of drug-likeness (QED) is 0.696. The smallest absolute Gasteiger partial charge is 0.0991 e. The van der Waals surface area contributed by atoms with Gasteiger partial charge in [-0.05, 0) is 30.7 Å². The highest BCUT2D eigenvalue weighted by Gasteiger charge is 2.06. The first kappa shape index (κ1) is 13.7. The molecule has 0 radical (unpaired) electrons. The van der Waals surface area contributed by atoms with Crippen molar-refractivity contribution in [2.75, 3.05) is 26.8 Å². The fourth-order valence-electron chi connectivity index (χ4n) is 1.48. The van der Waals surface area contributed by atoms with Crippen LogP contribution in [-0.4, -0.2) is 31.9 Å². The monoisotopic (exact) mass is 234 g/mol. The van der Waals surface area contributed by atoms with Crippen molar-refractivity contribution in [2.24, 2.45) is 0 Å². The maximum absolute atomic E-state index is 9.86. The number of ether oxygens (including phenoxy) is 1. The molecule has 0 heterocycles. The number of methoxy groups -OCH3 is 1. The summed E-state index contributed by atoms with van der Waals surface area (Å²) in [6.45, 7) is 2.05. The standard InChI is InChI=1S/C13H18N2O2/c1-17-8-2-7-15-10-13(16)12-5-3-11(9-14)4-6-12/h3-6,13,15-16H,2,7-8,10H2,1H3. The molecule has 0 aliphatic heterocycles. The Hall–Kier alpha value is -1.41. The van der Waals surface area contributed by atoms with Gasteiger partial charge in [0, 0.05) is 20.3 Å². The van der Waals surface area contributed by atoms with Crippen molar-refractivity contribution < 1.29 is 9.84 Å². The van der Waals surface area contributed by atoms with Crippen LogP contribution in [0.25, 0.3) is 0 Å². The third-order valence-corrected chi connectivity index (χ3v) is 2.46. The van der Waals surface area contributed by atoms with Gasteiger partial charge in [0.15, 0.2) is 0 Å². The fourth-order valence-corrected chi connectivity index (χ4v) is 1.48. The first-order valence-corrected chi connectivity index (χ1v) is 5.65. The highest BCUT2D eigenvalue weighted by Crippen LogP contribution is 2.12. The van der Waals surface area contributed by atoms with E-state index in [1.165, 1.54) is 0 Å².